The molecule has 4 N–H and O–H groups in total. The van der Waals surface area contributed by atoms with Crippen LogP contribution >= 0.6 is 0 Å². The number of carbonyl (C=O) groups excluding carboxylic acids is 1. The van der Waals surface area contributed by atoms with Crippen molar-refractivity contribution in [3.8, 4) is 11.3 Å². The molecule has 1 amide bonds. The van der Waals surface area contributed by atoms with Crippen LogP contribution in [-0.2, 0) is 9.84 Å². The molecule has 158 valence electrons. The van der Waals surface area contributed by atoms with Gasteiger partial charge in [0.15, 0.2) is 15.5 Å². The maximum atomic E-state index is 12.8. The van der Waals surface area contributed by atoms with Crippen LogP contribution in [0.4, 0.5) is 11.4 Å². The van der Waals surface area contributed by atoms with Crippen molar-refractivity contribution in [1.82, 2.24) is 15.0 Å². The molecule has 0 saturated heterocycles. The SMILES string of the molecule is CC(C)S(=O)(=O)c1ccc(-c2cnc3[nH]cc(C(=O)Nc4ccccc4N)c3n2)cc1. The molecule has 9 heteroatoms. The first-order valence-electron chi connectivity index (χ1n) is 9.61. The quantitative estimate of drug-likeness (QED) is 0.410. The van der Waals surface area contributed by atoms with Gasteiger partial charge in [0.2, 0.25) is 0 Å². The number of fused-ring (bicyclic) bond motifs is 1. The highest BCUT2D eigenvalue weighted by atomic mass is 32.2. The zero-order valence-electron chi connectivity index (χ0n) is 17.0. The van der Waals surface area contributed by atoms with E-state index in [4.69, 9.17) is 5.73 Å². The Kier molecular flexibility index (Phi) is 5.20. The number of carbonyl (C=O) groups is 1. The largest absolute Gasteiger partial charge is 0.397 e. The first kappa shape index (κ1) is 20.5. The summed E-state index contributed by atoms with van der Waals surface area (Å²) in [6.07, 6.45) is 3.11. The van der Waals surface area contributed by atoms with Crippen LogP contribution in [0.25, 0.3) is 22.4 Å². The van der Waals surface area contributed by atoms with Crippen LogP contribution in [0.15, 0.2) is 65.8 Å². The van der Waals surface area contributed by atoms with Gasteiger partial charge in [0, 0.05) is 11.8 Å². The summed E-state index contributed by atoms with van der Waals surface area (Å²) in [6.45, 7) is 3.29. The molecule has 0 fully saturated rings. The van der Waals surface area contributed by atoms with E-state index in [9.17, 15) is 13.2 Å². The highest BCUT2D eigenvalue weighted by molar-refractivity contribution is 7.92. The summed E-state index contributed by atoms with van der Waals surface area (Å²) in [7, 11) is -3.36. The second-order valence-corrected chi connectivity index (χ2v) is 9.82. The third kappa shape index (κ3) is 3.87. The van der Waals surface area contributed by atoms with E-state index in [-0.39, 0.29) is 10.8 Å². The second-order valence-electron chi connectivity index (χ2n) is 7.31. The first-order valence-corrected chi connectivity index (χ1v) is 11.2. The average Bonchev–Trinajstić information content (AvgIpc) is 3.18. The third-order valence-corrected chi connectivity index (χ3v) is 7.10. The number of aromatic amines is 1. The van der Waals surface area contributed by atoms with Crippen LogP contribution in [0.1, 0.15) is 24.2 Å². The first-order chi connectivity index (χ1) is 14.8. The molecule has 4 rings (SSSR count). The molecule has 0 unspecified atom stereocenters. The Morgan fingerprint density at radius 1 is 1.10 bits per heavy atom. The number of nitrogen functional groups attached to an aromatic ring is 1. The minimum atomic E-state index is -3.36. The van der Waals surface area contributed by atoms with E-state index in [1.54, 1.807) is 74.8 Å². The van der Waals surface area contributed by atoms with Gasteiger partial charge in [0.25, 0.3) is 5.91 Å². The van der Waals surface area contributed by atoms with Gasteiger partial charge in [-0.3, -0.25) is 4.79 Å². The fourth-order valence-corrected chi connectivity index (χ4v) is 4.15. The summed E-state index contributed by atoms with van der Waals surface area (Å²) in [6, 6.07) is 13.5. The van der Waals surface area contributed by atoms with Crippen LogP contribution in [-0.4, -0.2) is 34.5 Å². The van der Waals surface area contributed by atoms with Crippen molar-refractivity contribution in [2.45, 2.75) is 24.0 Å². The summed E-state index contributed by atoms with van der Waals surface area (Å²) < 4.78 is 24.7. The van der Waals surface area contributed by atoms with E-state index in [1.165, 1.54) is 0 Å². The number of hydrogen-bond donors (Lipinski definition) is 3. The summed E-state index contributed by atoms with van der Waals surface area (Å²) >= 11 is 0. The molecule has 0 atom stereocenters. The molecule has 0 aliphatic heterocycles. The highest BCUT2D eigenvalue weighted by Crippen LogP contribution is 2.25. The second kappa shape index (κ2) is 7.84. The van der Waals surface area contributed by atoms with E-state index in [1.807, 2.05) is 0 Å². The molecule has 31 heavy (non-hydrogen) atoms. The topological polar surface area (TPSA) is 131 Å². The Labute approximate surface area is 179 Å². The number of aromatic nitrogens is 3. The maximum Gasteiger partial charge on any atom is 0.259 e. The monoisotopic (exact) mass is 435 g/mol. The molecule has 2 aromatic carbocycles. The maximum absolute atomic E-state index is 12.8. The third-order valence-electron chi connectivity index (χ3n) is 4.93. The molecule has 0 spiro atoms. The molecule has 0 bridgehead atoms. The van der Waals surface area contributed by atoms with Crippen LogP contribution in [0.2, 0.25) is 0 Å². The molecule has 2 aromatic heterocycles. The molecule has 4 aromatic rings. The van der Waals surface area contributed by atoms with Crippen molar-refractivity contribution in [3.05, 3.63) is 66.5 Å². The minimum Gasteiger partial charge on any atom is -0.397 e. The summed E-state index contributed by atoms with van der Waals surface area (Å²) in [5, 5.41) is 2.27. The molecular weight excluding hydrogens is 414 g/mol. The lowest BCUT2D eigenvalue weighted by molar-refractivity contribution is 0.102. The number of rotatable bonds is 5. The Hall–Kier alpha value is -3.72. The summed E-state index contributed by atoms with van der Waals surface area (Å²) in [5.41, 5.74) is 9.28. The number of anilines is 2. The van der Waals surface area contributed by atoms with Gasteiger partial charge in [0.05, 0.1) is 39.0 Å². The highest BCUT2D eigenvalue weighted by Gasteiger charge is 2.20. The predicted octanol–water partition coefficient (Wildman–Crippen LogP) is 3.64. The Bertz CT molecular complexity index is 1380. The number of benzene rings is 2. The van der Waals surface area contributed by atoms with Crippen molar-refractivity contribution in [2.75, 3.05) is 11.1 Å². The Morgan fingerprint density at radius 2 is 1.81 bits per heavy atom. The molecule has 0 saturated carbocycles. The smallest absolute Gasteiger partial charge is 0.259 e. The predicted molar refractivity (Wildman–Crippen MR) is 120 cm³/mol. The van der Waals surface area contributed by atoms with Crippen molar-refractivity contribution in [2.24, 2.45) is 0 Å². The van der Waals surface area contributed by atoms with Crippen molar-refractivity contribution in [3.63, 3.8) is 0 Å². The van der Waals surface area contributed by atoms with E-state index < -0.39 is 15.1 Å². The molecule has 8 nitrogen and oxygen atoms in total. The normalized spacial score (nSPS) is 11.7. The Balaban J connectivity index is 1.67. The van der Waals surface area contributed by atoms with Gasteiger partial charge in [-0.2, -0.15) is 0 Å². The fraction of sp³-hybridized carbons (Fsp3) is 0.136. The van der Waals surface area contributed by atoms with Crippen LogP contribution < -0.4 is 11.1 Å². The van der Waals surface area contributed by atoms with Crippen molar-refractivity contribution in [1.29, 1.82) is 0 Å². The number of nitrogens with one attached hydrogen (secondary N) is 2. The number of nitrogens with zero attached hydrogens (tertiary/aromatic N) is 2. The van der Waals surface area contributed by atoms with Crippen molar-refractivity contribution >= 4 is 38.3 Å². The van der Waals surface area contributed by atoms with Crippen LogP contribution in [0.3, 0.4) is 0 Å². The standard InChI is InChI=1S/C22H21N5O3S/c1-13(2)31(29,30)15-9-7-14(8-10-15)19-12-25-21-20(26-19)16(11-24-21)22(28)27-18-6-4-3-5-17(18)23/h3-13H,23H2,1-2H3,(H,24,25)(H,27,28). The fourth-order valence-electron chi connectivity index (χ4n) is 3.09. The number of amides is 1. The van der Waals surface area contributed by atoms with Gasteiger partial charge in [-0.25, -0.2) is 18.4 Å². The Morgan fingerprint density at radius 3 is 2.48 bits per heavy atom. The van der Waals surface area contributed by atoms with Crippen LogP contribution in [0.5, 0.6) is 0 Å². The van der Waals surface area contributed by atoms with Crippen molar-refractivity contribution < 1.29 is 13.2 Å². The van der Waals surface area contributed by atoms with Gasteiger partial charge >= 0.3 is 0 Å². The van der Waals surface area contributed by atoms with E-state index in [2.05, 4.69) is 20.3 Å². The molecular formula is C22H21N5O3S. The molecule has 2 heterocycles. The molecule has 0 aliphatic carbocycles. The number of hydrogen-bond acceptors (Lipinski definition) is 6. The average molecular weight is 436 g/mol. The summed E-state index contributed by atoms with van der Waals surface area (Å²) in [5.74, 6) is -0.367. The molecule has 0 aliphatic rings. The zero-order chi connectivity index (χ0) is 22.2. The lowest BCUT2D eigenvalue weighted by Crippen LogP contribution is -2.13. The summed E-state index contributed by atoms with van der Waals surface area (Å²) in [4.78, 5) is 24.9. The van der Waals surface area contributed by atoms with Gasteiger partial charge in [-0.05, 0) is 38.1 Å². The lowest BCUT2D eigenvalue weighted by atomic mass is 10.1. The van der Waals surface area contributed by atoms with Crippen LogP contribution in [0, 0.1) is 0 Å². The minimum absolute atomic E-state index is 0.252. The lowest BCUT2D eigenvalue weighted by Gasteiger charge is -2.09. The van der Waals surface area contributed by atoms with Gasteiger partial charge < -0.3 is 16.0 Å². The molecule has 0 radical (unpaired) electrons. The van der Waals surface area contributed by atoms with Gasteiger partial charge in [0.1, 0.15) is 5.52 Å². The van der Waals surface area contributed by atoms with Gasteiger partial charge in [-0.15, -0.1) is 0 Å². The van der Waals surface area contributed by atoms with E-state index >= 15 is 0 Å². The van der Waals surface area contributed by atoms with E-state index in [0.717, 1.165) is 0 Å². The number of sulfone groups is 1. The van der Waals surface area contributed by atoms with E-state index in [0.29, 0.717) is 39.4 Å². The van der Waals surface area contributed by atoms with Gasteiger partial charge in [-0.1, -0.05) is 24.3 Å². The zero-order valence-corrected chi connectivity index (χ0v) is 17.8. The number of H-pyrrole nitrogens is 1. The number of nitrogens with two attached hydrogens (primary N) is 1. The number of para-hydroxylation sites is 2.